The topological polar surface area (TPSA) is 86.8 Å². The van der Waals surface area contributed by atoms with Crippen LogP contribution in [0.2, 0.25) is 15.1 Å². The van der Waals surface area contributed by atoms with E-state index in [1.165, 1.54) is 0 Å². The standard InChI is InChI=1S/C28H27Cl3F3N3O4S/c1-3-35-27(39)25(14-18-8-5-4-6-9-18)36(16-20-22(29)10-7-11-23(20)30)26(38)17-37(42(2,40)41)19-12-13-24(31)21(15-19)28(32,33)34/h4-13,15,25H,3,14,16-17H2,1-2H3,(H,35,39)/t25-/m1/s1. The third-order valence-corrected chi connectivity index (χ3v) is 8.41. The van der Waals surface area contributed by atoms with Crippen LogP contribution in [0.4, 0.5) is 18.9 Å². The second-order valence-corrected chi connectivity index (χ2v) is 12.4. The van der Waals surface area contributed by atoms with E-state index in [1.54, 1.807) is 55.5 Å². The molecule has 0 spiro atoms. The van der Waals surface area contributed by atoms with Crippen molar-refractivity contribution in [1.82, 2.24) is 10.2 Å². The first kappa shape index (κ1) is 33.5. The molecule has 0 heterocycles. The molecule has 0 bridgehead atoms. The number of alkyl halides is 3. The average Bonchev–Trinajstić information content (AvgIpc) is 2.90. The van der Waals surface area contributed by atoms with Gasteiger partial charge in [-0.25, -0.2) is 8.42 Å². The molecule has 0 radical (unpaired) electrons. The van der Waals surface area contributed by atoms with Gasteiger partial charge in [-0.2, -0.15) is 13.2 Å². The zero-order chi connectivity index (χ0) is 31.2. The molecule has 14 heteroatoms. The fraction of sp³-hybridized carbons (Fsp3) is 0.286. The number of amides is 2. The van der Waals surface area contributed by atoms with E-state index in [0.29, 0.717) is 21.5 Å². The number of likely N-dealkylation sites (N-methyl/N-ethyl adjacent to an activating group) is 1. The van der Waals surface area contributed by atoms with Crippen LogP contribution < -0.4 is 9.62 Å². The molecule has 1 N–H and O–H groups in total. The quantitative estimate of drug-likeness (QED) is 0.264. The minimum atomic E-state index is -4.88. The van der Waals surface area contributed by atoms with E-state index in [1.807, 2.05) is 0 Å². The van der Waals surface area contributed by atoms with E-state index < -0.39 is 56.9 Å². The summed E-state index contributed by atoms with van der Waals surface area (Å²) in [7, 11) is -4.30. The lowest BCUT2D eigenvalue weighted by atomic mass is 10.0. The number of carbonyl (C=O) groups excluding carboxylic acids is 2. The highest BCUT2D eigenvalue weighted by Crippen LogP contribution is 2.37. The molecule has 0 saturated heterocycles. The SMILES string of the molecule is CCNC(=O)[C@@H](Cc1ccccc1)N(Cc1c(Cl)cccc1Cl)C(=O)CN(c1ccc(Cl)c(C(F)(F)F)c1)S(C)(=O)=O. The third-order valence-electron chi connectivity index (χ3n) is 6.23. The van der Waals surface area contributed by atoms with Gasteiger partial charge in [-0.15, -0.1) is 0 Å². The Morgan fingerprint density at radius 1 is 0.929 bits per heavy atom. The second kappa shape index (κ2) is 14.0. The summed E-state index contributed by atoms with van der Waals surface area (Å²) in [5, 5.41) is 2.45. The van der Waals surface area contributed by atoms with Crippen LogP contribution in [0.1, 0.15) is 23.6 Å². The molecule has 226 valence electrons. The predicted molar refractivity (Wildman–Crippen MR) is 158 cm³/mol. The van der Waals surface area contributed by atoms with E-state index in [9.17, 15) is 31.2 Å². The van der Waals surface area contributed by atoms with E-state index in [-0.39, 0.29) is 29.6 Å². The van der Waals surface area contributed by atoms with E-state index >= 15 is 0 Å². The van der Waals surface area contributed by atoms with Gasteiger partial charge in [0, 0.05) is 35.1 Å². The Hall–Kier alpha value is -2.99. The number of nitrogens with one attached hydrogen (secondary N) is 1. The zero-order valence-electron chi connectivity index (χ0n) is 22.5. The first-order chi connectivity index (χ1) is 19.6. The molecule has 2 amide bonds. The summed E-state index contributed by atoms with van der Waals surface area (Å²) >= 11 is 18.5. The predicted octanol–water partition coefficient (Wildman–Crippen LogP) is 6.21. The maximum atomic E-state index is 14.0. The fourth-order valence-corrected chi connectivity index (χ4v) is 5.78. The summed E-state index contributed by atoms with van der Waals surface area (Å²) < 4.78 is 66.9. The van der Waals surface area contributed by atoms with E-state index in [4.69, 9.17) is 34.8 Å². The highest BCUT2D eigenvalue weighted by atomic mass is 35.5. The summed E-state index contributed by atoms with van der Waals surface area (Å²) in [6, 6.07) is 14.8. The van der Waals surface area contributed by atoms with Gasteiger partial charge in [-0.3, -0.25) is 13.9 Å². The molecular formula is C28H27Cl3F3N3O4S. The van der Waals surface area contributed by atoms with Crippen LogP contribution in [0.15, 0.2) is 66.7 Å². The fourth-order valence-electron chi connectivity index (χ4n) is 4.20. The first-order valence-electron chi connectivity index (χ1n) is 12.5. The van der Waals surface area contributed by atoms with Gasteiger partial charge in [0.15, 0.2) is 0 Å². The van der Waals surface area contributed by atoms with Crippen LogP contribution in [0.5, 0.6) is 0 Å². The van der Waals surface area contributed by atoms with Gasteiger partial charge in [0.05, 0.1) is 22.5 Å². The van der Waals surface area contributed by atoms with Crippen molar-refractivity contribution >= 4 is 62.3 Å². The van der Waals surface area contributed by atoms with Crippen LogP contribution >= 0.6 is 34.8 Å². The molecule has 0 saturated carbocycles. The first-order valence-corrected chi connectivity index (χ1v) is 15.5. The largest absolute Gasteiger partial charge is 0.417 e. The normalized spacial score (nSPS) is 12.5. The van der Waals surface area contributed by atoms with Crippen LogP contribution in [0, 0.1) is 0 Å². The molecule has 0 aliphatic carbocycles. The maximum Gasteiger partial charge on any atom is 0.417 e. The van der Waals surface area contributed by atoms with Crippen molar-refractivity contribution in [3.8, 4) is 0 Å². The van der Waals surface area contributed by atoms with Gasteiger partial charge in [0.25, 0.3) is 0 Å². The number of rotatable bonds is 11. The monoisotopic (exact) mass is 663 g/mol. The summed E-state index contributed by atoms with van der Waals surface area (Å²) in [6.07, 6.45) is -4.09. The molecule has 0 fully saturated rings. The minimum absolute atomic E-state index is 0.0402. The van der Waals surface area contributed by atoms with Crippen LogP contribution in [-0.4, -0.2) is 50.5 Å². The van der Waals surface area contributed by atoms with Crippen molar-refractivity contribution in [2.45, 2.75) is 32.1 Å². The molecule has 42 heavy (non-hydrogen) atoms. The molecule has 7 nitrogen and oxygen atoms in total. The lowest BCUT2D eigenvalue weighted by molar-refractivity contribution is -0.140. The molecule has 0 unspecified atom stereocenters. The van der Waals surface area contributed by atoms with Crippen molar-refractivity contribution in [3.63, 3.8) is 0 Å². The molecule has 0 aromatic heterocycles. The zero-order valence-corrected chi connectivity index (χ0v) is 25.5. The smallest absolute Gasteiger partial charge is 0.355 e. The lowest BCUT2D eigenvalue weighted by Crippen LogP contribution is -2.53. The molecular weight excluding hydrogens is 638 g/mol. The molecule has 3 aromatic carbocycles. The molecule has 3 aromatic rings. The second-order valence-electron chi connectivity index (χ2n) is 9.25. The Kier molecular flexibility index (Phi) is 11.2. The Morgan fingerprint density at radius 2 is 1.55 bits per heavy atom. The Balaban J connectivity index is 2.13. The number of sulfonamides is 1. The number of halogens is 6. The van der Waals surface area contributed by atoms with Gasteiger partial charge in [-0.1, -0.05) is 71.2 Å². The Labute approximate surface area is 257 Å². The van der Waals surface area contributed by atoms with Gasteiger partial charge in [-0.05, 0) is 42.8 Å². The molecule has 0 aliphatic rings. The van der Waals surface area contributed by atoms with Gasteiger partial charge >= 0.3 is 6.18 Å². The highest BCUT2D eigenvalue weighted by Gasteiger charge is 2.36. The lowest BCUT2D eigenvalue weighted by Gasteiger charge is -2.34. The van der Waals surface area contributed by atoms with Gasteiger partial charge < -0.3 is 10.2 Å². The summed E-state index contributed by atoms with van der Waals surface area (Å²) in [5.41, 5.74) is -0.708. The number of benzene rings is 3. The van der Waals surface area contributed by atoms with Gasteiger partial charge in [0.1, 0.15) is 12.6 Å². The summed E-state index contributed by atoms with van der Waals surface area (Å²) in [4.78, 5) is 28.5. The average molecular weight is 665 g/mol. The van der Waals surface area contributed by atoms with Crippen LogP contribution in [0.25, 0.3) is 0 Å². The molecule has 0 aliphatic heterocycles. The highest BCUT2D eigenvalue weighted by molar-refractivity contribution is 7.92. The van der Waals surface area contributed by atoms with Gasteiger partial charge in [0.2, 0.25) is 21.8 Å². The maximum absolute atomic E-state index is 14.0. The van der Waals surface area contributed by atoms with Crippen LogP contribution in [0.3, 0.4) is 0 Å². The summed E-state index contributed by atoms with van der Waals surface area (Å²) in [5.74, 6) is -1.42. The van der Waals surface area contributed by atoms with Crippen molar-refractivity contribution < 1.29 is 31.2 Å². The third kappa shape index (κ3) is 8.53. The Bertz CT molecular complexity index is 1520. The Morgan fingerprint density at radius 3 is 2.10 bits per heavy atom. The number of anilines is 1. The van der Waals surface area contributed by atoms with E-state index in [2.05, 4.69) is 5.32 Å². The van der Waals surface area contributed by atoms with Crippen molar-refractivity contribution in [2.24, 2.45) is 0 Å². The molecule has 3 rings (SSSR count). The van der Waals surface area contributed by atoms with Crippen molar-refractivity contribution in [1.29, 1.82) is 0 Å². The van der Waals surface area contributed by atoms with Crippen molar-refractivity contribution in [3.05, 3.63) is 98.5 Å². The van der Waals surface area contributed by atoms with Crippen molar-refractivity contribution in [2.75, 3.05) is 23.7 Å². The van der Waals surface area contributed by atoms with Crippen LogP contribution in [-0.2, 0) is 38.8 Å². The summed E-state index contributed by atoms with van der Waals surface area (Å²) in [6.45, 7) is 0.709. The number of hydrogen-bond acceptors (Lipinski definition) is 4. The van der Waals surface area contributed by atoms with E-state index in [0.717, 1.165) is 23.3 Å². The number of nitrogens with zero attached hydrogens (tertiary/aromatic N) is 2. The minimum Gasteiger partial charge on any atom is -0.355 e. The number of carbonyl (C=O) groups is 2. The number of hydrogen-bond donors (Lipinski definition) is 1. The molecule has 1 atom stereocenters.